The largest absolute Gasteiger partial charge is 0.300 e. The average Bonchev–Trinajstić information content (AvgIpc) is 2.60. The van der Waals surface area contributed by atoms with Crippen LogP contribution in [0.2, 0.25) is 0 Å². The van der Waals surface area contributed by atoms with E-state index < -0.39 is 0 Å². The van der Waals surface area contributed by atoms with Crippen molar-refractivity contribution >= 4 is 16.5 Å². The highest BCUT2D eigenvalue weighted by atomic mass is 32.1. The van der Waals surface area contributed by atoms with E-state index in [1.165, 1.54) is 23.5 Å². The summed E-state index contributed by atoms with van der Waals surface area (Å²) in [6, 6.07) is 6.44. The van der Waals surface area contributed by atoms with Crippen LogP contribution < -0.4 is 11.3 Å². The molecule has 2 aromatic rings. The molecular formula is C10H10FN3S. The highest BCUT2D eigenvalue weighted by Gasteiger charge is 2.09. The lowest BCUT2D eigenvalue weighted by molar-refractivity contribution is 0.628. The Bertz CT molecular complexity index is 481. The molecule has 3 N–H and O–H groups in total. The monoisotopic (exact) mass is 223 g/mol. The van der Waals surface area contributed by atoms with Crippen LogP contribution in [0.3, 0.4) is 0 Å². The summed E-state index contributed by atoms with van der Waals surface area (Å²) < 4.78 is 13.0. The fourth-order valence-corrected chi connectivity index (χ4v) is 2.23. The predicted molar refractivity (Wildman–Crippen MR) is 60.1 cm³/mol. The zero-order valence-electron chi connectivity index (χ0n) is 8.12. The van der Waals surface area contributed by atoms with Gasteiger partial charge in [0, 0.05) is 0 Å². The number of nitrogens with two attached hydrogens (primary N) is 1. The van der Waals surface area contributed by atoms with Gasteiger partial charge < -0.3 is 0 Å². The van der Waals surface area contributed by atoms with Gasteiger partial charge in [0.1, 0.15) is 5.82 Å². The zero-order chi connectivity index (χ0) is 10.8. The number of hydrazine groups is 1. The summed E-state index contributed by atoms with van der Waals surface area (Å²) in [5, 5.41) is 0.631. The smallest absolute Gasteiger partial charge is 0.197 e. The van der Waals surface area contributed by atoms with Crippen LogP contribution in [0.4, 0.5) is 9.52 Å². The molecule has 0 saturated heterocycles. The third-order valence-electron chi connectivity index (χ3n) is 2.01. The van der Waals surface area contributed by atoms with E-state index in [1.807, 2.05) is 13.0 Å². The number of nitrogens with one attached hydrogen (secondary N) is 1. The quantitative estimate of drug-likeness (QED) is 0.607. The van der Waals surface area contributed by atoms with Crippen LogP contribution in [-0.2, 0) is 0 Å². The molecule has 0 bridgehead atoms. The molecule has 0 spiro atoms. The van der Waals surface area contributed by atoms with Crippen LogP contribution in [0.1, 0.15) is 5.69 Å². The first kappa shape index (κ1) is 10.1. The van der Waals surface area contributed by atoms with Gasteiger partial charge in [-0.1, -0.05) is 23.5 Å². The van der Waals surface area contributed by atoms with E-state index in [0.29, 0.717) is 5.13 Å². The summed E-state index contributed by atoms with van der Waals surface area (Å²) in [6.45, 7) is 1.87. The van der Waals surface area contributed by atoms with Crippen molar-refractivity contribution in [2.75, 3.05) is 5.43 Å². The topological polar surface area (TPSA) is 50.9 Å². The van der Waals surface area contributed by atoms with E-state index >= 15 is 0 Å². The Balaban J connectivity index is 2.48. The Morgan fingerprint density at radius 1 is 1.47 bits per heavy atom. The first-order chi connectivity index (χ1) is 7.20. The van der Waals surface area contributed by atoms with Crippen molar-refractivity contribution in [3.8, 4) is 10.4 Å². The molecule has 1 aromatic heterocycles. The van der Waals surface area contributed by atoms with E-state index in [4.69, 9.17) is 5.84 Å². The Labute approximate surface area is 90.7 Å². The lowest BCUT2D eigenvalue weighted by atomic mass is 10.1. The minimum Gasteiger partial charge on any atom is -0.300 e. The van der Waals surface area contributed by atoms with E-state index in [9.17, 15) is 4.39 Å². The van der Waals surface area contributed by atoms with E-state index in [1.54, 1.807) is 6.07 Å². The minimum atomic E-state index is -0.248. The van der Waals surface area contributed by atoms with Crippen LogP contribution in [0.15, 0.2) is 24.3 Å². The van der Waals surface area contributed by atoms with Crippen LogP contribution in [0.25, 0.3) is 10.4 Å². The molecule has 0 fully saturated rings. The summed E-state index contributed by atoms with van der Waals surface area (Å²) in [4.78, 5) is 5.13. The molecule has 15 heavy (non-hydrogen) atoms. The number of hydrogen-bond acceptors (Lipinski definition) is 4. The van der Waals surface area contributed by atoms with Crippen molar-refractivity contribution in [2.45, 2.75) is 6.92 Å². The molecule has 0 aliphatic heterocycles. The number of nitrogen functional groups attached to an aromatic ring is 1. The number of nitrogens with zero attached hydrogens (tertiary/aromatic N) is 1. The van der Waals surface area contributed by atoms with Crippen molar-refractivity contribution in [3.63, 3.8) is 0 Å². The molecule has 5 heteroatoms. The summed E-state index contributed by atoms with van der Waals surface area (Å²) in [5.41, 5.74) is 4.16. The Hall–Kier alpha value is -1.46. The second kappa shape index (κ2) is 3.96. The fraction of sp³-hybridized carbons (Fsp3) is 0.100. The van der Waals surface area contributed by atoms with Crippen molar-refractivity contribution < 1.29 is 4.39 Å². The van der Waals surface area contributed by atoms with Crippen molar-refractivity contribution in [3.05, 3.63) is 35.8 Å². The lowest BCUT2D eigenvalue weighted by Gasteiger charge is -1.97. The van der Waals surface area contributed by atoms with Crippen LogP contribution in [-0.4, -0.2) is 4.98 Å². The van der Waals surface area contributed by atoms with Gasteiger partial charge in [-0.15, -0.1) is 0 Å². The fourth-order valence-electron chi connectivity index (χ4n) is 1.36. The van der Waals surface area contributed by atoms with Gasteiger partial charge in [0.15, 0.2) is 5.13 Å². The average molecular weight is 223 g/mol. The Kier molecular flexibility index (Phi) is 2.66. The van der Waals surface area contributed by atoms with E-state index in [2.05, 4.69) is 10.4 Å². The van der Waals surface area contributed by atoms with Crippen LogP contribution >= 0.6 is 11.3 Å². The number of rotatable bonds is 2. The van der Waals surface area contributed by atoms with Gasteiger partial charge in [0.2, 0.25) is 0 Å². The molecule has 1 heterocycles. The highest BCUT2D eigenvalue weighted by Crippen LogP contribution is 2.32. The van der Waals surface area contributed by atoms with Gasteiger partial charge in [0.05, 0.1) is 10.6 Å². The van der Waals surface area contributed by atoms with Gasteiger partial charge >= 0.3 is 0 Å². The standard InChI is InChI=1S/C10H10FN3S/c1-6-9(15-10(13-6)14-12)7-3-2-4-8(11)5-7/h2-5H,12H2,1H3,(H,13,14). The Morgan fingerprint density at radius 2 is 2.27 bits per heavy atom. The molecule has 0 amide bonds. The predicted octanol–water partition coefficient (Wildman–Crippen LogP) is 2.54. The number of thiazole rings is 1. The molecule has 1 aromatic carbocycles. The Morgan fingerprint density at radius 3 is 2.87 bits per heavy atom. The second-order valence-electron chi connectivity index (χ2n) is 3.09. The van der Waals surface area contributed by atoms with E-state index in [0.717, 1.165) is 16.1 Å². The molecule has 78 valence electrons. The number of halogens is 1. The maximum absolute atomic E-state index is 13.0. The number of aryl methyl sites for hydroxylation is 1. The van der Waals surface area contributed by atoms with Crippen LogP contribution in [0.5, 0.6) is 0 Å². The van der Waals surface area contributed by atoms with Crippen molar-refractivity contribution in [2.24, 2.45) is 5.84 Å². The molecule has 3 nitrogen and oxygen atoms in total. The first-order valence-electron chi connectivity index (χ1n) is 4.40. The SMILES string of the molecule is Cc1nc(NN)sc1-c1cccc(F)c1. The number of anilines is 1. The zero-order valence-corrected chi connectivity index (χ0v) is 8.94. The number of hydrogen-bond donors (Lipinski definition) is 2. The normalized spacial score (nSPS) is 10.3. The van der Waals surface area contributed by atoms with Crippen LogP contribution in [0, 0.1) is 12.7 Å². The lowest BCUT2D eigenvalue weighted by Crippen LogP contribution is -2.05. The molecule has 2 rings (SSSR count). The molecule has 0 aliphatic carbocycles. The first-order valence-corrected chi connectivity index (χ1v) is 5.22. The summed E-state index contributed by atoms with van der Waals surface area (Å²) >= 11 is 1.41. The number of benzene rings is 1. The van der Waals surface area contributed by atoms with Crippen molar-refractivity contribution in [1.82, 2.24) is 4.98 Å². The van der Waals surface area contributed by atoms with Gasteiger partial charge in [-0.3, -0.25) is 5.43 Å². The third kappa shape index (κ3) is 1.98. The number of aromatic nitrogens is 1. The minimum absolute atomic E-state index is 0.248. The second-order valence-corrected chi connectivity index (χ2v) is 4.09. The van der Waals surface area contributed by atoms with Gasteiger partial charge in [-0.2, -0.15) is 0 Å². The molecule has 0 saturated carbocycles. The maximum Gasteiger partial charge on any atom is 0.197 e. The van der Waals surface area contributed by atoms with Gasteiger partial charge in [-0.25, -0.2) is 15.2 Å². The third-order valence-corrected chi connectivity index (χ3v) is 3.14. The molecule has 0 radical (unpaired) electrons. The summed E-state index contributed by atoms with van der Waals surface area (Å²) in [6.07, 6.45) is 0. The molecule has 0 unspecified atom stereocenters. The molecular weight excluding hydrogens is 213 g/mol. The molecule has 0 atom stereocenters. The van der Waals surface area contributed by atoms with Gasteiger partial charge in [0.25, 0.3) is 0 Å². The molecule has 0 aliphatic rings. The van der Waals surface area contributed by atoms with Crippen molar-refractivity contribution in [1.29, 1.82) is 0 Å². The summed E-state index contributed by atoms with van der Waals surface area (Å²) in [7, 11) is 0. The van der Waals surface area contributed by atoms with Gasteiger partial charge in [-0.05, 0) is 24.6 Å². The maximum atomic E-state index is 13.0. The highest BCUT2D eigenvalue weighted by molar-refractivity contribution is 7.19. The van der Waals surface area contributed by atoms with E-state index in [-0.39, 0.29) is 5.82 Å². The summed E-state index contributed by atoms with van der Waals surface area (Å²) in [5.74, 6) is 5.02.